The molecule has 2 aromatic rings. The lowest BCUT2D eigenvalue weighted by atomic mass is 9.89. The minimum atomic E-state index is -4.54. The van der Waals surface area contributed by atoms with Gasteiger partial charge in [-0.25, -0.2) is 0 Å². The molecule has 3 amide bonds. The van der Waals surface area contributed by atoms with E-state index in [0.29, 0.717) is 12.6 Å². The summed E-state index contributed by atoms with van der Waals surface area (Å²) in [5, 5.41) is 5.65. The van der Waals surface area contributed by atoms with Crippen LogP contribution in [0.4, 0.5) is 13.2 Å². The summed E-state index contributed by atoms with van der Waals surface area (Å²) >= 11 is 0. The molecule has 8 nitrogen and oxygen atoms in total. The van der Waals surface area contributed by atoms with Crippen molar-refractivity contribution in [3.63, 3.8) is 0 Å². The maximum Gasteiger partial charge on any atom is 0.416 e. The van der Waals surface area contributed by atoms with Gasteiger partial charge in [0.1, 0.15) is 0 Å². The molecule has 1 saturated carbocycles. The van der Waals surface area contributed by atoms with Crippen molar-refractivity contribution in [2.45, 2.75) is 75.3 Å². The van der Waals surface area contributed by atoms with Crippen LogP contribution in [0.25, 0.3) is 0 Å². The molecule has 2 saturated heterocycles. The maximum atomic E-state index is 13.0. The van der Waals surface area contributed by atoms with E-state index in [1.807, 2.05) is 23.1 Å². The smallest absolute Gasteiger partial charge is 0.353 e. The van der Waals surface area contributed by atoms with Gasteiger partial charge in [0.15, 0.2) is 0 Å². The summed E-state index contributed by atoms with van der Waals surface area (Å²) in [7, 11) is 0. The molecule has 1 aromatic heterocycles. The van der Waals surface area contributed by atoms with Gasteiger partial charge < -0.3 is 15.5 Å². The molecule has 0 bridgehead atoms. The number of hydrogen-bond donors (Lipinski definition) is 2. The fourth-order valence-corrected chi connectivity index (χ4v) is 6.48. The molecule has 40 heavy (non-hydrogen) atoms. The zero-order valence-corrected chi connectivity index (χ0v) is 22.2. The van der Waals surface area contributed by atoms with Crippen LogP contribution in [-0.4, -0.2) is 76.3 Å². The lowest BCUT2D eigenvalue weighted by Crippen LogP contribution is -2.48. The Morgan fingerprint density at radius 3 is 2.42 bits per heavy atom. The minimum Gasteiger partial charge on any atom is -0.353 e. The number of nitrogens with zero attached hydrogens (tertiary/aromatic N) is 3. The van der Waals surface area contributed by atoms with Crippen molar-refractivity contribution < 1.29 is 27.6 Å². The average Bonchev–Trinajstić information content (AvgIpc) is 3.55. The second kappa shape index (κ2) is 12.0. The number of carbonyl (C=O) groups is 3. The second-order valence-corrected chi connectivity index (χ2v) is 10.9. The highest BCUT2D eigenvalue weighted by atomic mass is 19.4. The van der Waals surface area contributed by atoms with Gasteiger partial charge in [-0.1, -0.05) is 12.1 Å². The van der Waals surface area contributed by atoms with E-state index in [1.165, 1.54) is 12.1 Å². The Bertz CT molecular complexity index is 1220. The third-order valence-corrected chi connectivity index (χ3v) is 8.39. The van der Waals surface area contributed by atoms with Crippen molar-refractivity contribution in [3.8, 4) is 0 Å². The largest absolute Gasteiger partial charge is 0.416 e. The average molecular weight is 558 g/mol. The number of hydrogen-bond acceptors (Lipinski definition) is 5. The summed E-state index contributed by atoms with van der Waals surface area (Å²) in [6.07, 6.45) is 2.94. The van der Waals surface area contributed by atoms with Gasteiger partial charge in [0.05, 0.1) is 18.5 Å². The Hall–Kier alpha value is -3.47. The molecule has 3 aliphatic rings. The Balaban J connectivity index is 1.07. The summed E-state index contributed by atoms with van der Waals surface area (Å²) in [5.74, 6) is -0.922. The first kappa shape index (κ1) is 28.1. The highest BCUT2D eigenvalue weighted by Crippen LogP contribution is 2.36. The van der Waals surface area contributed by atoms with Gasteiger partial charge >= 0.3 is 6.18 Å². The number of nitrogens with one attached hydrogen (secondary N) is 2. The van der Waals surface area contributed by atoms with Crippen LogP contribution in [0.3, 0.4) is 0 Å². The third-order valence-electron chi connectivity index (χ3n) is 8.39. The molecule has 0 unspecified atom stereocenters. The summed E-state index contributed by atoms with van der Waals surface area (Å²) in [4.78, 5) is 46.4. The molecule has 1 aliphatic carbocycles. The molecular weight excluding hydrogens is 523 g/mol. The van der Waals surface area contributed by atoms with E-state index >= 15 is 0 Å². The summed E-state index contributed by atoms with van der Waals surface area (Å²) in [5.41, 5.74) is -0.273. The molecule has 2 N–H and O–H groups in total. The Morgan fingerprint density at radius 1 is 0.925 bits per heavy atom. The van der Waals surface area contributed by atoms with E-state index in [-0.39, 0.29) is 48.5 Å². The van der Waals surface area contributed by atoms with Crippen LogP contribution in [0, 0.1) is 0 Å². The topological polar surface area (TPSA) is 94.6 Å². The molecule has 3 fully saturated rings. The first-order valence-electron chi connectivity index (χ1n) is 13.9. The van der Waals surface area contributed by atoms with Crippen molar-refractivity contribution in [1.29, 1.82) is 0 Å². The van der Waals surface area contributed by atoms with Crippen molar-refractivity contribution in [1.82, 2.24) is 25.4 Å². The van der Waals surface area contributed by atoms with Crippen molar-refractivity contribution in [2.75, 3.05) is 19.6 Å². The first-order valence-corrected chi connectivity index (χ1v) is 13.9. The number of alkyl halides is 3. The van der Waals surface area contributed by atoms with E-state index in [0.717, 1.165) is 62.9 Å². The molecule has 2 aliphatic heterocycles. The van der Waals surface area contributed by atoms with Crippen LogP contribution in [-0.2, 0) is 22.2 Å². The zero-order valence-electron chi connectivity index (χ0n) is 22.2. The summed E-state index contributed by atoms with van der Waals surface area (Å²) in [6, 6.07) is 10.6. The van der Waals surface area contributed by atoms with Gasteiger partial charge in [0.25, 0.3) is 5.91 Å². The van der Waals surface area contributed by atoms with Gasteiger partial charge in [-0.15, -0.1) is 0 Å². The number of aromatic nitrogens is 1. The third kappa shape index (κ3) is 6.46. The fraction of sp³-hybridized carbons (Fsp3) is 0.517. The molecule has 5 rings (SSSR count). The number of likely N-dealkylation sites (tertiary alicyclic amines) is 2. The van der Waals surface area contributed by atoms with E-state index in [9.17, 15) is 27.6 Å². The van der Waals surface area contributed by atoms with Crippen LogP contribution in [0.1, 0.15) is 60.1 Å². The normalized spacial score (nSPS) is 24.9. The molecule has 0 radical (unpaired) electrons. The molecule has 2 atom stereocenters. The first-order chi connectivity index (χ1) is 19.2. The molecule has 3 heterocycles. The second-order valence-electron chi connectivity index (χ2n) is 10.9. The number of rotatable bonds is 7. The van der Waals surface area contributed by atoms with E-state index in [1.54, 1.807) is 6.20 Å². The Labute approximate surface area is 231 Å². The van der Waals surface area contributed by atoms with Crippen LogP contribution in [0.2, 0.25) is 0 Å². The predicted molar refractivity (Wildman–Crippen MR) is 141 cm³/mol. The lowest BCUT2D eigenvalue weighted by molar-refractivity contribution is -0.137. The quantitative estimate of drug-likeness (QED) is 0.546. The van der Waals surface area contributed by atoms with Gasteiger partial charge in [0.2, 0.25) is 11.8 Å². The van der Waals surface area contributed by atoms with Crippen LogP contribution in [0.15, 0.2) is 48.7 Å². The van der Waals surface area contributed by atoms with Crippen molar-refractivity contribution in [3.05, 3.63) is 65.5 Å². The van der Waals surface area contributed by atoms with E-state index < -0.39 is 17.6 Å². The molecule has 1 aromatic carbocycles. The van der Waals surface area contributed by atoms with E-state index in [2.05, 4.69) is 20.5 Å². The van der Waals surface area contributed by atoms with Crippen molar-refractivity contribution >= 4 is 17.7 Å². The highest BCUT2D eigenvalue weighted by Gasteiger charge is 2.46. The lowest BCUT2D eigenvalue weighted by Gasteiger charge is -2.37. The van der Waals surface area contributed by atoms with Gasteiger partial charge in [0, 0.05) is 54.7 Å². The number of fused-ring (bicyclic) bond motifs is 1. The van der Waals surface area contributed by atoms with Gasteiger partial charge in [-0.05, 0) is 68.9 Å². The van der Waals surface area contributed by atoms with Gasteiger partial charge in [-0.3, -0.25) is 24.3 Å². The summed E-state index contributed by atoms with van der Waals surface area (Å²) in [6.45, 7) is 1.25. The molecule has 0 spiro atoms. The number of amides is 3. The van der Waals surface area contributed by atoms with Crippen LogP contribution in [0.5, 0.6) is 0 Å². The van der Waals surface area contributed by atoms with Crippen molar-refractivity contribution in [2.24, 2.45) is 0 Å². The van der Waals surface area contributed by atoms with Crippen LogP contribution < -0.4 is 10.6 Å². The van der Waals surface area contributed by atoms with Crippen LogP contribution >= 0.6 is 0 Å². The minimum absolute atomic E-state index is 0.00604. The number of benzene rings is 1. The number of pyridine rings is 1. The molecular formula is C29H34F3N5O3. The Kier molecular flexibility index (Phi) is 8.39. The highest BCUT2D eigenvalue weighted by molar-refractivity contribution is 5.96. The number of carbonyl (C=O) groups excluding carboxylic acids is 3. The molecule has 11 heteroatoms. The Morgan fingerprint density at radius 2 is 1.70 bits per heavy atom. The SMILES string of the molecule is O=C(Cc1ccccn1)NC1CCC(N2CC[C@@H]3[C@H]2CCN3C(=O)CNC(=O)c2cccc(C(F)(F)F)c2)CC1. The zero-order chi connectivity index (χ0) is 28.3. The maximum absolute atomic E-state index is 13.0. The van der Waals surface area contributed by atoms with Gasteiger partial charge in [-0.2, -0.15) is 13.2 Å². The number of halogens is 3. The summed E-state index contributed by atoms with van der Waals surface area (Å²) < 4.78 is 38.9. The molecule has 214 valence electrons. The predicted octanol–water partition coefficient (Wildman–Crippen LogP) is 3.18. The van der Waals surface area contributed by atoms with E-state index in [4.69, 9.17) is 0 Å². The monoisotopic (exact) mass is 557 g/mol. The fourth-order valence-electron chi connectivity index (χ4n) is 6.48. The standard InChI is InChI=1S/C29H34F3N5O3/c30-29(31,32)20-5-3-4-19(16-20)28(40)34-18-27(39)37-15-12-24-25(37)11-14-36(24)23-9-7-21(8-10-23)35-26(38)17-22-6-1-2-13-33-22/h1-6,13,16,21,23-25H,7-12,14-15,17-18H2,(H,34,40)(H,35,38)/t21?,23?,24-,25-/m1/s1.